The molecule has 164 valence electrons. The average molecular weight is 469 g/mol. The van der Waals surface area contributed by atoms with Gasteiger partial charge in [-0.25, -0.2) is 4.98 Å². The summed E-state index contributed by atoms with van der Waals surface area (Å²) in [5.41, 5.74) is 2.29. The van der Waals surface area contributed by atoms with Crippen molar-refractivity contribution in [3.8, 4) is 28.5 Å². The predicted octanol–water partition coefficient (Wildman–Crippen LogP) is 4.51. The third-order valence-electron chi connectivity index (χ3n) is 4.49. The van der Waals surface area contributed by atoms with Crippen LogP contribution in [-0.4, -0.2) is 48.2 Å². The number of carbonyl (C=O) groups is 1. The summed E-state index contributed by atoms with van der Waals surface area (Å²) in [7, 11) is 4.68. The van der Waals surface area contributed by atoms with Crippen molar-refractivity contribution < 1.29 is 19.0 Å². The molecule has 2 aromatic heterocycles. The predicted molar refractivity (Wildman–Crippen MR) is 126 cm³/mol. The number of thiazole rings is 1. The third kappa shape index (κ3) is 4.76. The zero-order valence-electron chi connectivity index (χ0n) is 17.6. The largest absolute Gasteiger partial charge is 0.493 e. The summed E-state index contributed by atoms with van der Waals surface area (Å²) >= 11 is 2.75. The summed E-state index contributed by atoms with van der Waals surface area (Å²) in [6.45, 7) is 0. The maximum absolute atomic E-state index is 12.3. The van der Waals surface area contributed by atoms with E-state index >= 15 is 0 Å². The minimum Gasteiger partial charge on any atom is -0.493 e. The smallest absolute Gasteiger partial charge is 0.236 e. The SMILES string of the molecule is COc1cc(-c2ccc(SCC(=O)Nc3nc4ccccc4s3)nn2)cc(OC)c1OC. The number of nitrogens with zero attached hydrogens (tertiary/aromatic N) is 3. The van der Waals surface area contributed by atoms with Crippen molar-refractivity contribution in [2.75, 3.05) is 32.4 Å². The van der Waals surface area contributed by atoms with E-state index in [9.17, 15) is 4.79 Å². The van der Waals surface area contributed by atoms with Gasteiger partial charge in [-0.15, -0.1) is 10.2 Å². The molecule has 4 aromatic rings. The topological polar surface area (TPSA) is 95.5 Å². The van der Waals surface area contributed by atoms with Crippen molar-refractivity contribution >= 4 is 44.4 Å². The molecule has 0 aliphatic heterocycles. The van der Waals surface area contributed by atoms with Crippen LogP contribution >= 0.6 is 23.1 Å². The van der Waals surface area contributed by atoms with E-state index in [1.807, 2.05) is 48.5 Å². The molecule has 8 nitrogen and oxygen atoms in total. The van der Waals surface area contributed by atoms with Gasteiger partial charge < -0.3 is 19.5 Å². The number of hydrogen-bond acceptors (Lipinski definition) is 9. The molecule has 1 N–H and O–H groups in total. The molecule has 0 aliphatic rings. The minimum atomic E-state index is -0.149. The molecule has 0 unspecified atom stereocenters. The minimum absolute atomic E-state index is 0.149. The van der Waals surface area contributed by atoms with Gasteiger partial charge in [0.15, 0.2) is 16.6 Å². The Labute approximate surface area is 192 Å². The summed E-state index contributed by atoms with van der Waals surface area (Å²) in [5, 5.41) is 12.6. The van der Waals surface area contributed by atoms with Crippen LogP contribution in [0, 0.1) is 0 Å². The quantitative estimate of drug-likeness (QED) is 0.378. The lowest BCUT2D eigenvalue weighted by Gasteiger charge is -2.13. The van der Waals surface area contributed by atoms with Crippen LogP contribution in [0.5, 0.6) is 17.2 Å². The maximum Gasteiger partial charge on any atom is 0.236 e. The zero-order valence-corrected chi connectivity index (χ0v) is 19.3. The lowest BCUT2D eigenvalue weighted by atomic mass is 10.1. The van der Waals surface area contributed by atoms with Crippen LogP contribution in [0.3, 0.4) is 0 Å². The fourth-order valence-electron chi connectivity index (χ4n) is 3.00. The molecular weight excluding hydrogens is 448 g/mol. The first-order valence-electron chi connectivity index (χ1n) is 9.53. The van der Waals surface area contributed by atoms with E-state index in [0.29, 0.717) is 33.1 Å². The van der Waals surface area contributed by atoms with Gasteiger partial charge in [-0.05, 0) is 36.4 Å². The second kappa shape index (κ2) is 9.84. The van der Waals surface area contributed by atoms with Crippen molar-refractivity contribution in [2.45, 2.75) is 5.03 Å². The van der Waals surface area contributed by atoms with E-state index in [2.05, 4.69) is 20.5 Å². The Bertz CT molecular complexity index is 1190. The molecule has 2 aromatic carbocycles. The zero-order chi connectivity index (χ0) is 22.5. The summed E-state index contributed by atoms with van der Waals surface area (Å²) in [4.78, 5) is 16.7. The number of anilines is 1. The van der Waals surface area contributed by atoms with Crippen molar-refractivity contribution in [2.24, 2.45) is 0 Å². The molecule has 4 rings (SSSR count). The van der Waals surface area contributed by atoms with Crippen molar-refractivity contribution in [1.29, 1.82) is 0 Å². The number of ether oxygens (including phenoxy) is 3. The number of para-hydroxylation sites is 1. The lowest BCUT2D eigenvalue weighted by molar-refractivity contribution is -0.113. The second-order valence-electron chi connectivity index (χ2n) is 6.49. The van der Waals surface area contributed by atoms with Crippen LogP contribution in [0.4, 0.5) is 5.13 Å². The highest BCUT2D eigenvalue weighted by Crippen LogP contribution is 2.40. The second-order valence-corrected chi connectivity index (χ2v) is 8.52. The van der Waals surface area contributed by atoms with Crippen molar-refractivity contribution in [1.82, 2.24) is 15.2 Å². The van der Waals surface area contributed by atoms with Gasteiger partial charge in [-0.2, -0.15) is 0 Å². The first kappa shape index (κ1) is 21.8. The molecule has 0 bridgehead atoms. The number of thioether (sulfide) groups is 1. The van der Waals surface area contributed by atoms with E-state index < -0.39 is 0 Å². The Balaban J connectivity index is 1.41. The Morgan fingerprint density at radius 3 is 2.38 bits per heavy atom. The number of benzene rings is 2. The lowest BCUT2D eigenvalue weighted by Crippen LogP contribution is -2.13. The molecule has 0 spiro atoms. The Morgan fingerprint density at radius 1 is 1.00 bits per heavy atom. The first-order valence-corrected chi connectivity index (χ1v) is 11.3. The normalized spacial score (nSPS) is 10.7. The number of amides is 1. The van der Waals surface area contributed by atoms with Crippen LogP contribution in [0.2, 0.25) is 0 Å². The maximum atomic E-state index is 12.3. The molecule has 32 heavy (non-hydrogen) atoms. The molecule has 10 heteroatoms. The van der Waals surface area contributed by atoms with Crippen LogP contribution in [0.15, 0.2) is 53.6 Å². The summed E-state index contributed by atoms with van der Waals surface area (Å²) in [6.07, 6.45) is 0. The van der Waals surface area contributed by atoms with Gasteiger partial charge in [0, 0.05) is 5.56 Å². The van der Waals surface area contributed by atoms with E-state index in [1.165, 1.54) is 23.1 Å². The number of aromatic nitrogens is 3. The van der Waals surface area contributed by atoms with Crippen LogP contribution in [0.1, 0.15) is 0 Å². The van der Waals surface area contributed by atoms with E-state index in [-0.39, 0.29) is 11.7 Å². The van der Waals surface area contributed by atoms with Crippen LogP contribution < -0.4 is 19.5 Å². The number of rotatable bonds is 8. The average Bonchev–Trinajstić information content (AvgIpc) is 3.24. The number of methoxy groups -OCH3 is 3. The Morgan fingerprint density at radius 2 is 1.75 bits per heavy atom. The molecule has 0 atom stereocenters. The number of hydrogen-bond donors (Lipinski definition) is 1. The van der Waals surface area contributed by atoms with Gasteiger partial charge in [0.2, 0.25) is 11.7 Å². The summed E-state index contributed by atoms with van der Waals surface area (Å²) in [6, 6.07) is 15.0. The van der Waals surface area contributed by atoms with Gasteiger partial charge in [-0.3, -0.25) is 4.79 Å². The summed E-state index contributed by atoms with van der Waals surface area (Å²) in [5.74, 6) is 1.64. The Hall–Kier alpha value is -3.37. The van der Waals surface area contributed by atoms with E-state index in [1.54, 1.807) is 21.3 Å². The highest BCUT2D eigenvalue weighted by molar-refractivity contribution is 7.99. The molecule has 0 radical (unpaired) electrons. The molecule has 0 fully saturated rings. The third-order valence-corrected chi connectivity index (χ3v) is 6.36. The highest BCUT2D eigenvalue weighted by atomic mass is 32.2. The molecule has 0 saturated carbocycles. The molecule has 2 heterocycles. The fraction of sp³-hybridized carbons (Fsp3) is 0.182. The van der Waals surface area contributed by atoms with Gasteiger partial charge in [0.1, 0.15) is 5.03 Å². The number of fused-ring (bicyclic) bond motifs is 1. The van der Waals surface area contributed by atoms with Crippen LogP contribution in [0.25, 0.3) is 21.5 Å². The van der Waals surface area contributed by atoms with Gasteiger partial charge >= 0.3 is 0 Å². The highest BCUT2D eigenvalue weighted by Gasteiger charge is 2.15. The van der Waals surface area contributed by atoms with Crippen molar-refractivity contribution in [3.05, 3.63) is 48.5 Å². The number of nitrogens with one attached hydrogen (secondary N) is 1. The Kier molecular flexibility index (Phi) is 6.72. The van der Waals surface area contributed by atoms with E-state index in [0.717, 1.165) is 15.8 Å². The number of carbonyl (C=O) groups excluding carboxylic acids is 1. The molecular formula is C22H20N4O4S2. The standard InChI is InChI=1S/C22H20N4O4S2/c1-28-16-10-13(11-17(29-2)21(16)30-3)14-8-9-20(26-25-14)31-12-19(27)24-22-23-15-6-4-5-7-18(15)32-22/h4-11H,12H2,1-3H3,(H,23,24,27). The summed E-state index contributed by atoms with van der Waals surface area (Å²) < 4.78 is 17.2. The molecule has 0 saturated heterocycles. The van der Waals surface area contributed by atoms with Gasteiger partial charge in [0.25, 0.3) is 0 Å². The first-order chi connectivity index (χ1) is 15.6. The molecule has 0 aliphatic carbocycles. The van der Waals surface area contributed by atoms with E-state index in [4.69, 9.17) is 14.2 Å². The monoisotopic (exact) mass is 468 g/mol. The fourth-order valence-corrected chi connectivity index (χ4v) is 4.50. The van der Waals surface area contributed by atoms with Crippen LogP contribution in [-0.2, 0) is 4.79 Å². The molecule has 1 amide bonds. The van der Waals surface area contributed by atoms with Crippen molar-refractivity contribution in [3.63, 3.8) is 0 Å². The van der Waals surface area contributed by atoms with Gasteiger partial charge in [-0.1, -0.05) is 35.2 Å². The van der Waals surface area contributed by atoms with Gasteiger partial charge in [0.05, 0.1) is 43.0 Å².